The van der Waals surface area contributed by atoms with Crippen molar-refractivity contribution in [3.05, 3.63) is 81.0 Å². The molecule has 6 heteroatoms. The van der Waals surface area contributed by atoms with Crippen molar-refractivity contribution in [3.8, 4) is 11.1 Å². The molecule has 29 heavy (non-hydrogen) atoms. The Morgan fingerprint density at radius 1 is 1.07 bits per heavy atom. The monoisotopic (exact) mass is 405 g/mol. The Morgan fingerprint density at radius 2 is 1.72 bits per heavy atom. The van der Waals surface area contributed by atoms with E-state index in [9.17, 15) is 14.7 Å². The first-order valence-electron chi connectivity index (χ1n) is 9.56. The third-order valence-corrected chi connectivity index (χ3v) is 6.79. The molecule has 146 valence electrons. The minimum Gasteiger partial charge on any atom is -0.478 e. The van der Waals surface area contributed by atoms with Gasteiger partial charge in [0.2, 0.25) is 0 Å². The Labute approximate surface area is 172 Å². The predicted octanol–water partition coefficient (Wildman–Crippen LogP) is 4.75. The number of carboxylic acid groups (broad SMARTS) is 1. The van der Waals surface area contributed by atoms with Gasteiger partial charge in [0.1, 0.15) is 6.61 Å². The Hall–Kier alpha value is -3.12. The van der Waals surface area contributed by atoms with Crippen LogP contribution in [0.1, 0.15) is 37.8 Å². The topological polar surface area (TPSA) is 66.8 Å². The number of amides is 1. The lowest BCUT2D eigenvalue weighted by molar-refractivity contribution is 0.0695. The number of thiophene rings is 1. The number of carboxylic acids is 1. The molecule has 1 aliphatic carbocycles. The Kier molecular flexibility index (Phi) is 4.36. The fourth-order valence-corrected chi connectivity index (χ4v) is 5.44. The second-order valence-electron chi connectivity index (χ2n) is 7.33. The summed E-state index contributed by atoms with van der Waals surface area (Å²) in [6.07, 6.45) is 0.202. The number of fused-ring (bicyclic) bond motifs is 4. The van der Waals surface area contributed by atoms with E-state index in [1.165, 1.54) is 33.6 Å². The van der Waals surface area contributed by atoms with Crippen molar-refractivity contribution in [2.45, 2.75) is 18.9 Å². The minimum absolute atomic E-state index is 0.0343. The van der Waals surface area contributed by atoms with Gasteiger partial charge in [-0.25, -0.2) is 9.59 Å². The third-order valence-electron chi connectivity index (χ3n) is 5.77. The van der Waals surface area contributed by atoms with Gasteiger partial charge in [0.15, 0.2) is 0 Å². The molecule has 1 N–H and O–H groups in total. The molecule has 0 spiro atoms. The quantitative estimate of drug-likeness (QED) is 0.683. The van der Waals surface area contributed by atoms with Gasteiger partial charge in [-0.3, -0.25) is 0 Å². The Bertz CT molecular complexity index is 1070. The molecule has 2 heterocycles. The fraction of sp³-hybridized carbons (Fsp3) is 0.217. The smallest absolute Gasteiger partial charge is 0.410 e. The molecule has 1 aliphatic heterocycles. The van der Waals surface area contributed by atoms with E-state index in [1.807, 2.05) is 24.3 Å². The number of carbonyl (C=O) groups is 2. The predicted molar refractivity (Wildman–Crippen MR) is 110 cm³/mol. The van der Waals surface area contributed by atoms with Gasteiger partial charge in [-0.15, -0.1) is 11.3 Å². The molecule has 0 fully saturated rings. The molecule has 0 atom stereocenters. The van der Waals surface area contributed by atoms with Gasteiger partial charge in [-0.2, -0.15) is 0 Å². The van der Waals surface area contributed by atoms with E-state index in [4.69, 9.17) is 4.74 Å². The zero-order chi connectivity index (χ0) is 20.0. The van der Waals surface area contributed by atoms with Gasteiger partial charge in [-0.05, 0) is 34.2 Å². The summed E-state index contributed by atoms with van der Waals surface area (Å²) in [4.78, 5) is 26.6. The Morgan fingerprint density at radius 3 is 2.38 bits per heavy atom. The first kappa shape index (κ1) is 17.9. The first-order valence-corrected chi connectivity index (χ1v) is 10.4. The molecule has 0 saturated carbocycles. The van der Waals surface area contributed by atoms with Gasteiger partial charge in [0.25, 0.3) is 0 Å². The Balaban J connectivity index is 1.31. The molecule has 5 nitrogen and oxygen atoms in total. The van der Waals surface area contributed by atoms with Gasteiger partial charge >= 0.3 is 12.1 Å². The zero-order valence-electron chi connectivity index (χ0n) is 15.6. The normalized spacial score (nSPS) is 14.8. The number of benzene rings is 2. The van der Waals surface area contributed by atoms with Crippen molar-refractivity contribution in [1.82, 2.24) is 4.90 Å². The molecule has 5 rings (SSSR count). The summed E-state index contributed by atoms with van der Waals surface area (Å²) in [5.41, 5.74) is 5.99. The van der Waals surface area contributed by atoms with Crippen molar-refractivity contribution in [2.75, 3.05) is 13.2 Å². The molecule has 2 aliphatic rings. The summed E-state index contributed by atoms with van der Waals surface area (Å²) >= 11 is 1.40. The lowest BCUT2D eigenvalue weighted by Crippen LogP contribution is -2.36. The lowest BCUT2D eigenvalue weighted by Gasteiger charge is -2.27. The van der Waals surface area contributed by atoms with Crippen molar-refractivity contribution < 1.29 is 19.4 Å². The summed E-state index contributed by atoms with van der Waals surface area (Å²) in [6.45, 7) is 1.17. The van der Waals surface area contributed by atoms with Gasteiger partial charge < -0.3 is 14.7 Å². The number of hydrogen-bond acceptors (Lipinski definition) is 4. The van der Waals surface area contributed by atoms with E-state index >= 15 is 0 Å². The van der Waals surface area contributed by atoms with Gasteiger partial charge in [-0.1, -0.05) is 48.5 Å². The maximum Gasteiger partial charge on any atom is 0.410 e. The van der Waals surface area contributed by atoms with Gasteiger partial charge in [0.05, 0.1) is 12.1 Å². The highest BCUT2D eigenvalue weighted by atomic mass is 32.1. The number of aromatic carboxylic acids is 1. The molecular formula is C23H19NO4S. The van der Waals surface area contributed by atoms with Crippen LogP contribution in [0.4, 0.5) is 4.79 Å². The van der Waals surface area contributed by atoms with Crippen molar-refractivity contribution in [2.24, 2.45) is 0 Å². The first-order chi connectivity index (χ1) is 14.1. The van der Waals surface area contributed by atoms with E-state index in [2.05, 4.69) is 24.3 Å². The highest BCUT2D eigenvalue weighted by molar-refractivity contribution is 7.10. The number of carbonyl (C=O) groups excluding carboxylic acids is 1. The van der Waals surface area contributed by atoms with Crippen LogP contribution in [0.3, 0.4) is 0 Å². The van der Waals surface area contributed by atoms with Crippen LogP contribution in [0, 0.1) is 0 Å². The lowest BCUT2D eigenvalue weighted by atomic mass is 9.98. The van der Waals surface area contributed by atoms with Crippen LogP contribution >= 0.6 is 11.3 Å². The van der Waals surface area contributed by atoms with E-state index in [1.54, 1.807) is 10.3 Å². The largest absolute Gasteiger partial charge is 0.478 e. The van der Waals surface area contributed by atoms with E-state index in [0.717, 1.165) is 10.4 Å². The van der Waals surface area contributed by atoms with E-state index in [-0.39, 0.29) is 12.0 Å². The molecular weight excluding hydrogens is 386 g/mol. The minimum atomic E-state index is -0.905. The number of rotatable bonds is 3. The number of hydrogen-bond donors (Lipinski definition) is 1. The fourth-order valence-electron chi connectivity index (χ4n) is 4.35. The van der Waals surface area contributed by atoms with Crippen LogP contribution in [0.15, 0.2) is 53.9 Å². The molecule has 3 aromatic rings. The number of ether oxygens (including phenoxy) is 1. The summed E-state index contributed by atoms with van der Waals surface area (Å²) in [6, 6.07) is 16.5. The summed E-state index contributed by atoms with van der Waals surface area (Å²) in [7, 11) is 0. The molecule has 0 radical (unpaired) electrons. The molecule has 1 amide bonds. The van der Waals surface area contributed by atoms with E-state index in [0.29, 0.717) is 31.7 Å². The van der Waals surface area contributed by atoms with Crippen LogP contribution in [-0.2, 0) is 17.7 Å². The summed E-state index contributed by atoms with van der Waals surface area (Å²) in [5.74, 6) is -0.871. The SMILES string of the molecule is O=C(O)c1csc2c1CCN(C(=O)OCC1c3ccccc3-c3ccccc31)C2. The third kappa shape index (κ3) is 3.00. The average Bonchev–Trinajstić information content (AvgIpc) is 3.31. The van der Waals surface area contributed by atoms with Crippen LogP contribution in [-0.4, -0.2) is 35.2 Å². The average molecular weight is 405 g/mol. The summed E-state index contributed by atoms with van der Waals surface area (Å²) in [5, 5.41) is 10.9. The molecule has 0 unspecified atom stereocenters. The van der Waals surface area contributed by atoms with Crippen LogP contribution in [0.2, 0.25) is 0 Å². The highest BCUT2D eigenvalue weighted by Gasteiger charge is 2.31. The zero-order valence-corrected chi connectivity index (χ0v) is 16.4. The van der Waals surface area contributed by atoms with Crippen LogP contribution in [0.5, 0.6) is 0 Å². The molecule has 0 bridgehead atoms. The summed E-state index contributed by atoms with van der Waals surface area (Å²) < 4.78 is 5.72. The molecule has 1 aromatic heterocycles. The standard InChI is InChI=1S/C23H19NO4S/c25-22(26)20-13-29-21-11-24(10-9-18(20)21)23(27)28-12-19-16-7-3-1-5-14(16)15-6-2-4-8-17(15)19/h1-8,13,19H,9-12H2,(H,25,26). The van der Waals surface area contributed by atoms with Crippen LogP contribution in [0.25, 0.3) is 11.1 Å². The van der Waals surface area contributed by atoms with Crippen molar-refractivity contribution in [1.29, 1.82) is 0 Å². The second kappa shape index (κ2) is 7.04. The van der Waals surface area contributed by atoms with Crippen molar-refractivity contribution in [3.63, 3.8) is 0 Å². The van der Waals surface area contributed by atoms with Gasteiger partial charge in [0, 0.05) is 22.7 Å². The molecule has 0 saturated heterocycles. The molecule has 2 aromatic carbocycles. The second-order valence-corrected chi connectivity index (χ2v) is 8.30. The van der Waals surface area contributed by atoms with Crippen LogP contribution < -0.4 is 0 Å². The van der Waals surface area contributed by atoms with Crippen molar-refractivity contribution >= 4 is 23.4 Å². The maximum atomic E-state index is 12.7. The maximum absolute atomic E-state index is 12.7. The number of nitrogens with zero attached hydrogens (tertiary/aromatic N) is 1. The van der Waals surface area contributed by atoms with E-state index < -0.39 is 5.97 Å². The highest BCUT2D eigenvalue weighted by Crippen LogP contribution is 2.44.